The lowest BCUT2D eigenvalue weighted by molar-refractivity contribution is -0.117. The lowest BCUT2D eigenvalue weighted by Gasteiger charge is -2.34. The van der Waals surface area contributed by atoms with Gasteiger partial charge >= 0.3 is 0 Å². The highest BCUT2D eigenvalue weighted by atomic mass is 32.2. The van der Waals surface area contributed by atoms with Crippen molar-refractivity contribution in [2.24, 2.45) is 0 Å². The van der Waals surface area contributed by atoms with E-state index in [9.17, 15) is 13.2 Å². The van der Waals surface area contributed by atoms with Gasteiger partial charge in [-0.15, -0.1) is 0 Å². The Morgan fingerprint density at radius 3 is 2.58 bits per heavy atom. The first-order chi connectivity index (χ1) is 11.5. The molecule has 1 aromatic heterocycles. The number of hydrogen-bond acceptors (Lipinski definition) is 5. The van der Waals surface area contributed by atoms with E-state index in [0.717, 1.165) is 31.5 Å². The zero-order valence-electron chi connectivity index (χ0n) is 13.6. The molecule has 2 saturated heterocycles. The van der Waals surface area contributed by atoms with E-state index in [-0.39, 0.29) is 29.5 Å². The third kappa shape index (κ3) is 4.42. The van der Waals surface area contributed by atoms with Crippen LogP contribution in [0.3, 0.4) is 0 Å². The molecule has 2 aliphatic rings. The van der Waals surface area contributed by atoms with Gasteiger partial charge in [-0.25, -0.2) is 8.42 Å². The Balaban J connectivity index is 1.65. The number of hydrogen-bond donors (Lipinski definition) is 1. The number of likely N-dealkylation sites (tertiary alicyclic amines) is 1. The number of carbonyl (C=O) groups is 1. The standard InChI is InChI=1S/C17H23N3O3S/c21-17(5-4-14-6-8-18-9-7-14)19-15-12-24(22,23)13-16(15)20-10-2-1-3-11-20/h4-9,15-16H,1-3,10-13H2,(H,19,21)/b5-4+/t15-,16-/m1/s1. The highest BCUT2D eigenvalue weighted by molar-refractivity contribution is 7.91. The molecule has 3 rings (SSSR count). The number of aromatic nitrogens is 1. The molecule has 130 valence electrons. The predicted molar refractivity (Wildman–Crippen MR) is 93.1 cm³/mol. The first kappa shape index (κ1) is 17.1. The van der Waals surface area contributed by atoms with Gasteiger partial charge in [-0.05, 0) is 49.7 Å². The number of amides is 1. The molecule has 1 aromatic rings. The van der Waals surface area contributed by atoms with Crippen molar-refractivity contribution in [1.29, 1.82) is 0 Å². The highest BCUT2D eigenvalue weighted by Gasteiger charge is 2.41. The zero-order valence-corrected chi connectivity index (χ0v) is 14.4. The Hall–Kier alpha value is -1.73. The van der Waals surface area contributed by atoms with Crippen LogP contribution in [-0.4, -0.2) is 60.9 Å². The summed E-state index contributed by atoms with van der Waals surface area (Å²) in [5.74, 6) is -0.0782. The van der Waals surface area contributed by atoms with Crippen LogP contribution in [0.2, 0.25) is 0 Å². The van der Waals surface area contributed by atoms with Crippen LogP contribution in [0.4, 0.5) is 0 Å². The van der Waals surface area contributed by atoms with Crippen molar-refractivity contribution in [3.63, 3.8) is 0 Å². The van der Waals surface area contributed by atoms with E-state index in [1.807, 2.05) is 0 Å². The van der Waals surface area contributed by atoms with Gasteiger partial charge in [0.25, 0.3) is 0 Å². The molecule has 0 radical (unpaired) electrons. The van der Waals surface area contributed by atoms with Crippen LogP contribution in [0.5, 0.6) is 0 Å². The second-order valence-electron chi connectivity index (χ2n) is 6.47. The number of nitrogens with one attached hydrogen (secondary N) is 1. The molecule has 0 bridgehead atoms. The van der Waals surface area contributed by atoms with E-state index in [0.29, 0.717) is 0 Å². The van der Waals surface area contributed by atoms with Crippen molar-refractivity contribution in [1.82, 2.24) is 15.2 Å². The summed E-state index contributed by atoms with van der Waals surface area (Å²) in [6, 6.07) is 3.18. The molecule has 1 N–H and O–H groups in total. The largest absolute Gasteiger partial charge is 0.347 e. The van der Waals surface area contributed by atoms with E-state index < -0.39 is 9.84 Å². The number of carbonyl (C=O) groups excluding carboxylic acids is 1. The first-order valence-electron chi connectivity index (χ1n) is 8.37. The SMILES string of the molecule is O=C(/C=C/c1ccncc1)N[C@@H]1CS(=O)(=O)C[C@H]1N1CCCCC1. The van der Waals surface area contributed by atoms with Crippen LogP contribution < -0.4 is 5.32 Å². The maximum Gasteiger partial charge on any atom is 0.244 e. The van der Waals surface area contributed by atoms with Gasteiger partial charge in [0.1, 0.15) is 0 Å². The second kappa shape index (κ2) is 7.44. The molecule has 0 spiro atoms. The number of pyridine rings is 1. The van der Waals surface area contributed by atoms with Crippen LogP contribution in [0, 0.1) is 0 Å². The fourth-order valence-corrected chi connectivity index (χ4v) is 5.41. The monoisotopic (exact) mass is 349 g/mol. The smallest absolute Gasteiger partial charge is 0.244 e. The van der Waals surface area contributed by atoms with Gasteiger partial charge in [0, 0.05) is 24.5 Å². The van der Waals surface area contributed by atoms with Gasteiger partial charge in [0.2, 0.25) is 5.91 Å². The average Bonchev–Trinajstić information content (AvgIpc) is 2.89. The van der Waals surface area contributed by atoms with Gasteiger partial charge < -0.3 is 5.32 Å². The van der Waals surface area contributed by atoms with E-state index in [1.54, 1.807) is 30.6 Å². The lowest BCUT2D eigenvalue weighted by atomic mass is 10.0. The Bertz CT molecular complexity index is 697. The van der Waals surface area contributed by atoms with Crippen molar-refractivity contribution < 1.29 is 13.2 Å². The minimum absolute atomic E-state index is 0.0308. The summed E-state index contributed by atoms with van der Waals surface area (Å²) >= 11 is 0. The van der Waals surface area contributed by atoms with Gasteiger partial charge in [-0.3, -0.25) is 14.7 Å². The Morgan fingerprint density at radius 1 is 1.17 bits per heavy atom. The third-order valence-corrected chi connectivity index (χ3v) is 6.36. The summed E-state index contributed by atoms with van der Waals surface area (Å²) in [6.07, 6.45) is 9.87. The van der Waals surface area contributed by atoms with Crippen LogP contribution >= 0.6 is 0 Å². The zero-order chi connectivity index (χ0) is 17.0. The fraction of sp³-hybridized carbons (Fsp3) is 0.529. The molecule has 7 heteroatoms. The molecule has 0 aromatic carbocycles. The van der Waals surface area contributed by atoms with Gasteiger partial charge in [0.15, 0.2) is 9.84 Å². The van der Waals surface area contributed by atoms with E-state index in [1.165, 1.54) is 12.5 Å². The quantitative estimate of drug-likeness (QED) is 0.816. The number of nitrogens with zero attached hydrogens (tertiary/aromatic N) is 2. The van der Waals surface area contributed by atoms with Gasteiger partial charge in [0.05, 0.1) is 17.5 Å². The molecular formula is C17H23N3O3S. The molecule has 3 heterocycles. The van der Waals surface area contributed by atoms with Crippen LogP contribution in [-0.2, 0) is 14.6 Å². The summed E-state index contributed by atoms with van der Waals surface area (Å²) in [5, 5.41) is 2.89. The summed E-state index contributed by atoms with van der Waals surface area (Å²) in [7, 11) is -3.10. The Morgan fingerprint density at radius 2 is 1.88 bits per heavy atom. The topological polar surface area (TPSA) is 79.4 Å². The number of rotatable bonds is 4. The van der Waals surface area contributed by atoms with Gasteiger partial charge in [-0.2, -0.15) is 0 Å². The minimum Gasteiger partial charge on any atom is -0.347 e. The van der Waals surface area contributed by atoms with E-state index >= 15 is 0 Å². The predicted octanol–water partition coefficient (Wildman–Crippen LogP) is 0.862. The molecule has 6 nitrogen and oxygen atoms in total. The van der Waals surface area contributed by atoms with Crippen LogP contribution in [0.25, 0.3) is 6.08 Å². The maximum atomic E-state index is 12.2. The molecule has 2 atom stereocenters. The fourth-order valence-electron chi connectivity index (χ4n) is 3.45. The Labute approximate surface area is 142 Å². The van der Waals surface area contributed by atoms with Crippen molar-refractivity contribution in [2.45, 2.75) is 31.3 Å². The van der Waals surface area contributed by atoms with Gasteiger partial charge in [-0.1, -0.05) is 6.42 Å². The van der Waals surface area contributed by atoms with E-state index in [2.05, 4.69) is 15.2 Å². The molecule has 24 heavy (non-hydrogen) atoms. The normalized spacial score (nSPS) is 27.3. The number of sulfone groups is 1. The lowest BCUT2D eigenvalue weighted by Crippen LogP contribution is -2.52. The molecule has 2 fully saturated rings. The molecule has 1 amide bonds. The molecular weight excluding hydrogens is 326 g/mol. The maximum absolute atomic E-state index is 12.2. The minimum atomic E-state index is -3.10. The van der Waals surface area contributed by atoms with Crippen molar-refractivity contribution in [3.8, 4) is 0 Å². The molecule has 2 aliphatic heterocycles. The summed E-state index contributed by atoms with van der Waals surface area (Å²) in [6.45, 7) is 1.83. The van der Waals surface area contributed by atoms with Crippen molar-refractivity contribution >= 4 is 21.8 Å². The third-order valence-electron chi connectivity index (χ3n) is 4.64. The van der Waals surface area contributed by atoms with E-state index in [4.69, 9.17) is 0 Å². The highest BCUT2D eigenvalue weighted by Crippen LogP contribution is 2.22. The molecule has 0 aliphatic carbocycles. The first-order valence-corrected chi connectivity index (χ1v) is 10.2. The number of piperidine rings is 1. The average molecular weight is 349 g/mol. The Kier molecular flexibility index (Phi) is 5.30. The van der Waals surface area contributed by atoms with Crippen LogP contribution in [0.15, 0.2) is 30.6 Å². The van der Waals surface area contributed by atoms with Crippen molar-refractivity contribution in [3.05, 3.63) is 36.2 Å². The molecule has 0 saturated carbocycles. The summed E-state index contributed by atoms with van der Waals surface area (Å²) in [5.41, 5.74) is 0.881. The summed E-state index contributed by atoms with van der Waals surface area (Å²) < 4.78 is 24.1. The van der Waals surface area contributed by atoms with Crippen molar-refractivity contribution in [2.75, 3.05) is 24.6 Å². The summed E-state index contributed by atoms with van der Waals surface area (Å²) in [4.78, 5) is 18.3. The van der Waals surface area contributed by atoms with Crippen LogP contribution in [0.1, 0.15) is 24.8 Å². The molecule has 0 unspecified atom stereocenters. The second-order valence-corrected chi connectivity index (χ2v) is 8.62.